The molecule has 230 valence electrons. The van der Waals surface area contributed by atoms with Crippen LogP contribution in [0.5, 0.6) is 0 Å². The first-order valence-corrected chi connectivity index (χ1v) is 14.3. The third-order valence-corrected chi connectivity index (χ3v) is 6.90. The first-order chi connectivity index (χ1) is 19.8. The maximum Gasteiger partial charge on any atom is 0.408 e. The van der Waals surface area contributed by atoms with Crippen LogP contribution < -0.4 is 16.0 Å². The third-order valence-electron chi connectivity index (χ3n) is 6.90. The summed E-state index contributed by atoms with van der Waals surface area (Å²) in [6.07, 6.45) is 2.55. The Morgan fingerprint density at radius 1 is 1.07 bits per heavy atom. The van der Waals surface area contributed by atoms with E-state index < -0.39 is 53.5 Å². The minimum absolute atomic E-state index is 0.0555. The summed E-state index contributed by atoms with van der Waals surface area (Å²) < 4.78 is 9.96. The molecular formula is C30H43N5O7. The second-order valence-electron chi connectivity index (χ2n) is 11.9. The number of amides is 4. The number of carbonyl (C=O) groups is 5. The Labute approximate surface area is 246 Å². The first kappa shape index (κ1) is 32.4. The van der Waals surface area contributed by atoms with Crippen molar-refractivity contribution in [3.63, 3.8) is 0 Å². The van der Waals surface area contributed by atoms with Crippen molar-refractivity contribution >= 4 is 40.7 Å². The van der Waals surface area contributed by atoms with Crippen LogP contribution in [-0.2, 0) is 35.1 Å². The van der Waals surface area contributed by atoms with Gasteiger partial charge in [0.05, 0.1) is 7.11 Å². The number of aromatic nitrogens is 1. The largest absolute Gasteiger partial charge is 0.468 e. The fourth-order valence-corrected chi connectivity index (χ4v) is 5.00. The zero-order valence-corrected chi connectivity index (χ0v) is 25.2. The highest BCUT2D eigenvalue weighted by atomic mass is 16.6. The number of alkyl carbamates (subject to hydrolysis) is 1. The van der Waals surface area contributed by atoms with E-state index in [9.17, 15) is 24.0 Å². The molecule has 1 aromatic carbocycles. The van der Waals surface area contributed by atoms with Gasteiger partial charge in [0.2, 0.25) is 17.7 Å². The van der Waals surface area contributed by atoms with E-state index in [0.29, 0.717) is 25.8 Å². The number of carbonyl (C=O) groups excluding carboxylic acids is 5. The van der Waals surface area contributed by atoms with E-state index in [-0.39, 0.29) is 18.9 Å². The van der Waals surface area contributed by atoms with E-state index in [2.05, 4.69) is 25.7 Å². The van der Waals surface area contributed by atoms with Gasteiger partial charge in [-0.25, -0.2) is 4.79 Å². The number of H-pyrrole nitrogens is 1. The fraction of sp³-hybridized carbons (Fsp3) is 0.567. The van der Waals surface area contributed by atoms with Crippen LogP contribution in [0.15, 0.2) is 30.5 Å². The predicted molar refractivity (Wildman–Crippen MR) is 156 cm³/mol. The van der Waals surface area contributed by atoms with Crippen LogP contribution in [0.3, 0.4) is 0 Å². The molecule has 1 aliphatic heterocycles. The van der Waals surface area contributed by atoms with E-state index in [1.807, 2.05) is 38.1 Å². The smallest absolute Gasteiger partial charge is 0.408 e. The lowest BCUT2D eigenvalue weighted by atomic mass is 10.0. The zero-order chi connectivity index (χ0) is 31.0. The van der Waals surface area contributed by atoms with Gasteiger partial charge in [0, 0.05) is 30.1 Å². The fourth-order valence-electron chi connectivity index (χ4n) is 5.00. The Hall–Kier alpha value is -4.09. The molecule has 1 saturated heterocycles. The number of rotatable bonds is 11. The molecule has 0 aliphatic carbocycles. The van der Waals surface area contributed by atoms with Crippen molar-refractivity contribution in [1.82, 2.24) is 25.8 Å². The Morgan fingerprint density at radius 3 is 2.45 bits per heavy atom. The lowest BCUT2D eigenvalue weighted by Gasteiger charge is -2.30. The van der Waals surface area contributed by atoms with Gasteiger partial charge >= 0.3 is 12.1 Å². The summed E-state index contributed by atoms with van der Waals surface area (Å²) in [6.45, 7) is 9.05. The summed E-state index contributed by atoms with van der Waals surface area (Å²) in [4.78, 5) is 69.3. The molecule has 0 bridgehead atoms. The number of nitrogens with zero attached hydrogens (tertiary/aromatic N) is 1. The topological polar surface area (TPSA) is 159 Å². The minimum atomic E-state index is -1.03. The standard InChI is InChI=1S/C30H43N5O7/c1-18(2)14-22(34-29(40)42-30(3,4)5)26(37)33-23(15-19-16-31-21-11-8-7-10-20(19)21)28(39)35-13-9-12-24(35)27(38)32-17-25(36)41-6/h7-8,10-11,16,18,22-24,31H,9,12-15,17H2,1-6H3,(H,32,38)(H,33,37)(H,34,40)/t22-,23-,24-/m0/s1. The number of hydrogen-bond donors (Lipinski definition) is 4. The van der Waals surface area contributed by atoms with Gasteiger partial charge in [0.15, 0.2) is 0 Å². The monoisotopic (exact) mass is 585 g/mol. The van der Waals surface area contributed by atoms with Crippen molar-refractivity contribution in [3.05, 3.63) is 36.0 Å². The summed E-state index contributed by atoms with van der Waals surface area (Å²) in [5.74, 6) is -1.96. The molecule has 0 saturated carbocycles. The molecule has 2 aromatic rings. The van der Waals surface area contributed by atoms with Crippen molar-refractivity contribution in [2.75, 3.05) is 20.2 Å². The number of aromatic amines is 1. The van der Waals surface area contributed by atoms with E-state index in [0.717, 1.165) is 16.5 Å². The van der Waals surface area contributed by atoms with E-state index in [1.54, 1.807) is 27.0 Å². The van der Waals surface area contributed by atoms with Gasteiger partial charge in [-0.1, -0.05) is 32.0 Å². The van der Waals surface area contributed by atoms with Crippen LogP contribution in [0.2, 0.25) is 0 Å². The maximum atomic E-state index is 14.0. The Morgan fingerprint density at radius 2 is 1.79 bits per heavy atom. The number of methoxy groups -OCH3 is 1. The highest BCUT2D eigenvalue weighted by Crippen LogP contribution is 2.23. The molecule has 4 amide bonds. The van der Waals surface area contributed by atoms with Crippen LogP contribution in [-0.4, -0.2) is 83.6 Å². The molecule has 0 radical (unpaired) electrons. The molecule has 4 N–H and O–H groups in total. The van der Waals surface area contributed by atoms with Crippen molar-refractivity contribution in [1.29, 1.82) is 0 Å². The van der Waals surface area contributed by atoms with Gasteiger partial charge in [-0.05, 0) is 57.6 Å². The average Bonchev–Trinajstić information content (AvgIpc) is 3.57. The van der Waals surface area contributed by atoms with Crippen LogP contribution >= 0.6 is 0 Å². The SMILES string of the molecule is COC(=O)CNC(=O)[C@@H]1CCCN1C(=O)[C@H](Cc1c[nH]c2ccccc12)NC(=O)[C@H](CC(C)C)NC(=O)OC(C)(C)C. The number of para-hydroxylation sites is 1. The summed E-state index contributed by atoms with van der Waals surface area (Å²) >= 11 is 0. The number of hydrogen-bond acceptors (Lipinski definition) is 7. The molecule has 2 heterocycles. The van der Waals surface area contributed by atoms with E-state index in [4.69, 9.17) is 4.74 Å². The van der Waals surface area contributed by atoms with Gasteiger partial charge < -0.3 is 35.3 Å². The lowest BCUT2D eigenvalue weighted by molar-refractivity contribution is -0.144. The van der Waals surface area contributed by atoms with Gasteiger partial charge in [-0.15, -0.1) is 0 Å². The van der Waals surface area contributed by atoms with Crippen LogP contribution in [0.25, 0.3) is 10.9 Å². The number of esters is 1. The number of ether oxygens (including phenoxy) is 2. The minimum Gasteiger partial charge on any atom is -0.468 e. The molecule has 3 rings (SSSR count). The summed E-state index contributed by atoms with van der Waals surface area (Å²) in [5, 5.41) is 8.96. The second kappa shape index (κ2) is 14.2. The summed E-state index contributed by atoms with van der Waals surface area (Å²) in [6, 6.07) is 4.86. The summed E-state index contributed by atoms with van der Waals surface area (Å²) in [7, 11) is 1.22. The third kappa shape index (κ3) is 8.95. The Bertz CT molecular complexity index is 1280. The van der Waals surface area contributed by atoms with Gasteiger partial charge in [0.25, 0.3) is 0 Å². The normalized spacial score (nSPS) is 16.5. The highest BCUT2D eigenvalue weighted by Gasteiger charge is 2.39. The van der Waals surface area contributed by atoms with Crippen molar-refractivity contribution < 1.29 is 33.4 Å². The van der Waals surface area contributed by atoms with Crippen LogP contribution in [0.1, 0.15) is 59.4 Å². The lowest BCUT2D eigenvalue weighted by Crippen LogP contribution is -2.57. The van der Waals surface area contributed by atoms with E-state index >= 15 is 0 Å². The van der Waals surface area contributed by atoms with Crippen molar-refractivity contribution in [2.45, 2.75) is 84.0 Å². The van der Waals surface area contributed by atoms with Gasteiger partial charge in [-0.3, -0.25) is 19.2 Å². The second-order valence-corrected chi connectivity index (χ2v) is 11.9. The van der Waals surface area contributed by atoms with Crippen molar-refractivity contribution in [3.8, 4) is 0 Å². The van der Waals surface area contributed by atoms with Crippen LogP contribution in [0.4, 0.5) is 4.79 Å². The zero-order valence-electron chi connectivity index (χ0n) is 25.2. The highest BCUT2D eigenvalue weighted by molar-refractivity contribution is 5.95. The Balaban J connectivity index is 1.86. The Kier molecular flexibility index (Phi) is 11.0. The molecule has 3 atom stereocenters. The molecule has 0 spiro atoms. The molecule has 1 aliphatic rings. The maximum absolute atomic E-state index is 14.0. The first-order valence-electron chi connectivity index (χ1n) is 14.3. The number of fused-ring (bicyclic) bond motifs is 1. The van der Waals surface area contributed by atoms with Crippen LogP contribution in [0, 0.1) is 5.92 Å². The number of benzene rings is 1. The number of nitrogens with one attached hydrogen (secondary N) is 4. The van der Waals surface area contributed by atoms with E-state index in [1.165, 1.54) is 12.0 Å². The number of likely N-dealkylation sites (tertiary alicyclic amines) is 1. The molecule has 0 unspecified atom stereocenters. The van der Waals surface area contributed by atoms with Gasteiger partial charge in [0.1, 0.15) is 30.3 Å². The molecule has 42 heavy (non-hydrogen) atoms. The average molecular weight is 586 g/mol. The molecular weight excluding hydrogens is 542 g/mol. The quantitative estimate of drug-likeness (QED) is 0.295. The summed E-state index contributed by atoms with van der Waals surface area (Å²) in [5.41, 5.74) is 0.946. The van der Waals surface area contributed by atoms with Crippen molar-refractivity contribution in [2.24, 2.45) is 5.92 Å². The molecule has 1 fully saturated rings. The predicted octanol–water partition coefficient (Wildman–Crippen LogP) is 2.41. The van der Waals surface area contributed by atoms with Gasteiger partial charge in [-0.2, -0.15) is 0 Å². The molecule has 12 nitrogen and oxygen atoms in total. The molecule has 12 heteroatoms. The molecule has 1 aromatic heterocycles.